The van der Waals surface area contributed by atoms with E-state index in [-0.39, 0.29) is 5.41 Å². The van der Waals surface area contributed by atoms with Crippen molar-refractivity contribution in [2.45, 2.75) is 39.0 Å². The predicted octanol–water partition coefficient (Wildman–Crippen LogP) is 4.39. The summed E-state index contributed by atoms with van der Waals surface area (Å²) in [5, 5.41) is 2.10. The molecule has 1 heterocycles. The first kappa shape index (κ1) is 12.3. The van der Waals surface area contributed by atoms with Gasteiger partial charge < -0.3 is 0 Å². The molecular formula is C17H19NO. The maximum atomic E-state index is 13.0. The number of aromatic nitrogens is 1. The molecule has 1 aliphatic carbocycles. The standard InChI is InChI=1S/C17H19NO/c1-2-17(9-5-6-10-17)16(19)15-12-18-11-13-7-3-4-8-14(13)15/h3-4,7-8,11-12H,2,5-6,9-10H2,1H3. The van der Waals surface area contributed by atoms with Gasteiger partial charge in [0.15, 0.2) is 5.78 Å². The highest BCUT2D eigenvalue weighted by Crippen LogP contribution is 2.44. The molecule has 3 rings (SSSR count). The van der Waals surface area contributed by atoms with E-state index >= 15 is 0 Å². The molecule has 2 nitrogen and oxygen atoms in total. The van der Waals surface area contributed by atoms with Crippen LogP contribution in [0, 0.1) is 5.41 Å². The number of pyridine rings is 1. The van der Waals surface area contributed by atoms with E-state index in [9.17, 15) is 4.79 Å². The molecule has 0 unspecified atom stereocenters. The van der Waals surface area contributed by atoms with Gasteiger partial charge in [-0.25, -0.2) is 0 Å². The number of nitrogens with zero attached hydrogens (tertiary/aromatic N) is 1. The molecule has 0 radical (unpaired) electrons. The van der Waals surface area contributed by atoms with Gasteiger partial charge >= 0.3 is 0 Å². The molecule has 19 heavy (non-hydrogen) atoms. The number of hydrogen-bond donors (Lipinski definition) is 0. The summed E-state index contributed by atoms with van der Waals surface area (Å²) in [5.74, 6) is 0.303. The molecule has 0 N–H and O–H groups in total. The second-order valence-corrected chi connectivity index (χ2v) is 5.58. The van der Waals surface area contributed by atoms with Crippen LogP contribution in [0.2, 0.25) is 0 Å². The summed E-state index contributed by atoms with van der Waals surface area (Å²) in [5.41, 5.74) is 0.674. The van der Waals surface area contributed by atoms with Crippen LogP contribution in [0.5, 0.6) is 0 Å². The zero-order valence-corrected chi connectivity index (χ0v) is 11.4. The van der Waals surface area contributed by atoms with E-state index in [1.807, 2.05) is 30.5 Å². The summed E-state index contributed by atoms with van der Waals surface area (Å²) in [6, 6.07) is 8.03. The average Bonchev–Trinajstić information content (AvgIpc) is 2.96. The second-order valence-electron chi connectivity index (χ2n) is 5.58. The Morgan fingerprint density at radius 3 is 2.68 bits per heavy atom. The maximum absolute atomic E-state index is 13.0. The molecule has 2 heteroatoms. The molecule has 0 bridgehead atoms. The number of benzene rings is 1. The molecule has 1 aliphatic rings. The number of fused-ring (bicyclic) bond motifs is 1. The first-order chi connectivity index (χ1) is 9.27. The van der Waals surface area contributed by atoms with Crippen LogP contribution >= 0.6 is 0 Å². The quantitative estimate of drug-likeness (QED) is 0.759. The van der Waals surface area contributed by atoms with Crippen LogP contribution in [0.4, 0.5) is 0 Å². The van der Waals surface area contributed by atoms with Crippen molar-refractivity contribution in [3.8, 4) is 0 Å². The summed E-state index contributed by atoms with van der Waals surface area (Å²) >= 11 is 0. The Kier molecular flexibility index (Phi) is 3.09. The Morgan fingerprint density at radius 1 is 1.21 bits per heavy atom. The fraction of sp³-hybridized carbons (Fsp3) is 0.412. The molecule has 0 aliphatic heterocycles. The second kappa shape index (κ2) is 4.76. The fourth-order valence-electron chi connectivity index (χ4n) is 3.38. The highest BCUT2D eigenvalue weighted by atomic mass is 16.1. The third-order valence-corrected chi connectivity index (χ3v) is 4.63. The molecule has 98 valence electrons. The Bertz CT molecular complexity index is 606. The van der Waals surface area contributed by atoms with Gasteiger partial charge in [-0.3, -0.25) is 9.78 Å². The smallest absolute Gasteiger partial charge is 0.171 e. The molecule has 0 spiro atoms. The first-order valence-electron chi connectivity index (χ1n) is 7.14. The van der Waals surface area contributed by atoms with Crippen molar-refractivity contribution >= 4 is 16.6 Å². The highest BCUT2D eigenvalue weighted by molar-refractivity contribution is 6.10. The Labute approximate surface area is 113 Å². The van der Waals surface area contributed by atoms with Crippen molar-refractivity contribution in [1.29, 1.82) is 0 Å². The van der Waals surface area contributed by atoms with Gasteiger partial charge in [0.2, 0.25) is 0 Å². The Hall–Kier alpha value is -1.70. The minimum absolute atomic E-state index is 0.133. The topological polar surface area (TPSA) is 30.0 Å². The van der Waals surface area contributed by atoms with Crippen LogP contribution < -0.4 is 0 Å². The first-order valence-corrected chi connectivity index (χ1v) is 7.14. The Balaban J connectivity index is 2.11. The van der Waals surface area contributed by atoms with E-state index < -0.39 is 0 Å². The van der Waals surface area contributed by atoms with E-state index in [2.05, 4.69) is 11.9 Å². The maximum Gasteiger partial charge on any atom is 0.171 e. The third kappa shape index (κ3) is 1.95. The highest BCUT2D eigenvalue weighted by Gasteiger charge is 2.40. The van der Waals surface area contributed by atoms with Gasteiger partial charge in [0.05, 0.1) is 0 Å². The zero-order chi connectivity index (χ0) is 13.3. The zero-order valence-electron chi connectivity index (χ0n) is 11.4. The number of rotatable bonds is 3. The number of Topliss-reactive ketones (excluding diaryl/α,β-unsaturated/α-hetero) is 1. The lowest BCUT2D eigenvalue weighted by atomic mass is 9.76. The molecule has 0 saturated heterocycles. The molecule has 1 fully saturated rings. The fourth-order valence-corrected chi connectivity index (χ4v) is 3.38. The van der Waals surface area contributed by atoms with Crippen molar-refractivity contribution in [1.82, 2.24) is 4.98 Å². The lowest BCUT2D eigenvalue weighted by Gasteiger charge is -2.26. The summed E-state index contributed by atoms with van der Waals surface area (Å²) in [6.07, 6.45) is 8.95. The predicted molar refractivity (Wildman–Crippen MR) is 77.3 cm³/mol. The van der Waals surface area contributed by atoms with E-state index in [1.54, 1.807) is 6.20 Å². The van der Waals surface area contributed by atoms with E-state index in [0.717, 1.165) is 35.6 Å². The molecule has 1 aromatic carbocycles. The molecule has 0 amide bonds. The number of ketones is 1. The van der Waals surface area contributed by atoms with Crippen LogP contribution in [0.3, 0.4) is 0 Å². The van der Waals surface area contributed by atoms with Crippen molar-refractivity contribution < 1.29 is 4.79 Å². The number of carbonyl (C=O) groups is 1. The largest absolute Gasteiger partial charge is 0.293 e. The molecule has 0 atom stereocenters. The molecule has 1 aromatic heterocycles. The van der Waals surface area contributed by atoms with Crippen molar-refractivity contribution in [2.24, 2.45) is 5.41 Å². The number of carbonyl (C=O) groups excluding carboxylic acids is 1. The summed E-state index contributed by atoms with van der Waals surface area (Å²) in [6.45, 7) is 2.14. The minimum atomic E-state index is -0.133. The van der Waals surface area contributed by atoms with Gasteiger partial charge in [-0.1, -0.05) is 44.0 Å². The van der Waals surface area contributed by atoms with Crippen LogP contribution in [0.15, 0.2) is 36.7 Å². The average molecular weight is 253 g/mol. The Morgan fingerprint density at radius 2 is 1.95 bits per heavy atom. The lowest BCUT2D eigenvalue weighted by molar-refractivity contribution is 0.0793. The van der Waals surface area contributed by atoms with Crippen LogP contribution in [0.25, 0.3) is 10.8 Å². The number of hydrogen-bond acceptors (Lipinski definition) is 2. The third-order valence-electron chi connectivity index (χ3n) is 4.63. The summed E-state index contributed by atoms with van der Waals surface area (Å²) in [4.78, 5) is 17.2. The van der Waals surface area contributed by atoms with Gasteiger partial charge in [0.25, 0.3) is 0 Å². The van der Waals surface area contributed by atoms with Gasteiger partial charge in [0, 0.05) is 28.8 Å². The lowest BCUT2D eigenvalue weighted by Crippen LogP contribution is -2.27. The normalized spacial score (nSPS) is 17.7. The molecule has 1 saturated carbocycles. The molecule has 2 aromatic rings. The van der Waals surface area contributed by atoms with Crippen molar-refractivity contribution in [3.05, 3.63) is 42.2 Å². The van der Waals surface area contributed by atoms with Crippen LogP contribution in [-0.2, 0) is 0 Å². The monoisotopic (exact) mass is 253 g/mol. The summed E-state index contributed by atoms with van der Waals surface area (Å²) in [7, 11) is 0. The van der Waals surface area contributed by atoms with Gasteiger partial charge in [-0.15, -0.1) is 0 Å². The van der Waals surface area contributed by atoms with Crippen molar-refractivity contribution in [3.63, 3.8) is 0 Å². The van der Waals surface area contributed by atoms with Crippen LogP contribution in [0.1, 0.15) is 49.4 Å². The minimum Gasteiger partial charge on any atom is -0.293 e. The van der Waals surface area contributed by atoms with E-state index in [4.69, 9.17) is 0 Å². The van der Waals surface area contributed by atoms with Gasteiger partial charge in [-0.05, 0) is 24.6 Å². The summed E-state index contributed by atoms with van der Waals surface area (Å²) < 4.78 is 0. The van der Waals surface area contributed by atoms with Crippen LogP contribution in [-0.4, -0.2) is 10.8 Å². The SMILES string of the molecule is CCC1(C(=O)c2cncc3ccccc23)CCCC1. The molecular weight excluding hydrogens is 234 g/mol. The van der Waals surface area contributed by atoms with Gasteiger partial charge in [-0.2, -0.15) is 0 Å². The van der Waals surface area contributed by atoms with E-state index in [1.165, 1.54) is 12.8 Å². The van der Waals surface area contributed by atoms with E-state index in [0.29, 0.717) is 5.78 Å². The van der Waals surface area contributed by atoms with Crippen molar-refractivity contribution in [2.75, 3.05) is 0 Å². The van der Waals surface area contributed by atoms with Gasteiger partial charge in [0.1, 0.15) is 0 Å².